The summed E-state index contributed by atoms with van der Waals surface area (Å²) in [4.78, 5) is 19.2. The van der Waals surface area contributed by atoms with Crippen molar-refractivity contribution in [2.24, 2.45) is 0 Å². The Labute approximate surface area is 143 Å². The lowest BCUT2D eigenvalue weighted by Crippen LogP contribution is -2.32. The molecular formula is C18H21N3O2Si. The lowest BCUT2D eigenvalue weighted by molar-refractivity contribution is 0.321. The minimum atomic E-state index is -1.71. The van der Waals surface area contributed by atoms with Crippen LogP contribution in [0.25, 0.3) is 10.9 Å². The van der Waals surface area contributed by atoms with Crippen LogP contribution < -0.4 is 10.5 Å². The van der Waals surface area contributed by atoms with Crippen molar-refractivity contribution < 1.29 is 5.84 Å². The Kier molecular flexibility index (Phi) is 4.14. The van der Waals surface area contributed by atoms with E-state index in [1.807, 2.05) is 41.3 Å². The maximum atomic E-state index is 12.2. The predicted molar refractivity (Wildman–Crippen MR) is 100 cm³/mol. The van der Waals surface area contributed by atoms with Crippen LogP contribution in [0.3, 0.4) is 0 Å². The SMILES string of the molecule is [2H]n1cnc2ccc(N(CO[Si](C)(C)C)c3ccccc3)cc2c1=O. The van der Waals surface area contributed by atoms with Crippen LogP contribution in [0.5, 0.6) is 0 Å². The van der Waals surface area contributed by atoms with E-state index in [1.54, 1.807) is 12.1 Å². The van der Waals surface area contributed by atoms with E-state index in [4.69, 9.17) is 5.84 Å². The van der Waals surface area contributed by atoms with Gasteiger partial charge in [-0.15, -0.1) is 0 Å². The zero-order valence-electron chi connectivity index (χ0n) is 15.1. The fourth-order valence-corrected chi connectivity index (χ4v) is 2.87. The second-order valence-corrected chi connectivity index (χ2v) is 11.0. The number of fused-ring (bicyclic) bond motifs is 1. The summed E-state index contributed by atoms with van der Waals surface area (Å²) in [5, 5.41) is 0.420. The van der Waals surface area contributed by atoms with Crippen molar-refractivity contribution in [2.45, 2.75) is 19.6 Å². The highest BCUT2D eigenvalue weighted by molar-refractivity contribution is 6.69. The fraction of sp³-hybridized carbons (Fsp3) is 0.222. The molecule has 0 aliphatic heterocycles. The first-order valence-corrected chi connectivity index (χ1v) is 11.2. The summed E-state index contributed by atoms with van der Waals surface area (Å²) in [5.74, 6) is 0. The molecule has 0 saturated carbocycles. The second-order valence-electron chi connectivity index (χ2n) is 6.53. The van der Waals surface area contributed by atoms with E-state index in [1.165, 1.54) is 6.33 Å². The topological polar surface area (TPSA) is 58.2 Å². The van der Waals surface area contributed by atoms with Gasteiger partial charge in [0.2, 0.25) is 0 Å². The molecule has 0 spiro atoms. The van der Waals surface area contributed by atoms with Crippen LogP contribution in [0.15, 0.2) is 59.7 Å². The predicted octanol–water partition coefficient (Wildman–Crippen LogP) is 3.87. The Morgan fingerprint density at radius 1 is 1.17 bits per heavy atom. The molecule has 3 rings (SSSR count). The molecule has 1 aromatic heterocycles. The number of anilines is 2. The molecule has 0 atom stereocenters. The molecule has 0 amide bonds. The standard InChI is InChI=1S/C18H21N3O2Si/c1-24(2,3)23-13-21(14-7-5-4-6-8-14)15-9-10-17-16(11-15)18(22)20-12-19-17/h4-12H,13H2,1-3H3,(H,19,20,22)/i/hD. The van der Waals surface area contributed by atoms with Gasteiger partial charge in [0.1, 0.15) is 6.73 Å². The average molecular weight is 340 g/mol. The molecule has 0 aliphatic rings. The van der Waals surface area contributed by atoms with E-state index < -0.39 is 8.32 Å². The van der Waals surface area contributed by atoms with Crippen molar-refractivity contribution in [3.05, 3.63) is 65.2 Å². The molecule has 0 aliphatic carbocycles. The van der Waals surface area contributed by atoms with Gasteiger partial charge in [-0.1, -0.05) is 18.2 Å². The maximum Gasteiger partial charge on any atom is 0.258 e. The molecule has 1 N–H and O–H groups in total. The third kappa shape index (κ3) is 3.72. The second kappa shape index (κ2) is 6.58. The summed E-state index contributed by atoms with van der Waals surface area (Å²) < 4.78 is 13.7. The van der Waals surface area contributed by atoms with Gasteiger partial charge in [-0.2, -0.15) is 0 Å². The van der Waals surface area contributed by atoms with Gasteiger partial charge in [0.15, 0.2) is 9.73 Å². The van der Waals surface area contributed by atoms with Crippen LogP contribution in [-0.2, 0) is 4.43 Å². The van der Waals surface area contributed by atoms with Gasteiger partial charge in [0.05, 0.1) is 17.2 Å². The molecule has 24 heavy (non-hydrogen) atoms. The molecule has 0 radical (unpaired) electrons. The van der Waals surface area contributed by atoms with Crippen LogP contribution in [0.1, 0.15) is 0 Å². The molecule has 2 aromatic carbocycles. The van der Waals surface area contributed by atoms with Crippen molar-refractivity contribution in [3.8, 4) is 0 Å². The van der Waals surface area contributed by atoms with Crippen molar-refractivity contribution in [2.75, 3.05) is 11.6 Å². The number of H-pyrrole nitrogens is 1. The van der Waals surface area contributed by atoms with Gasteiger partial charge in [-0.25, -0.2) is 4.98 Å². The number of benzene rings is 2. The number of nitrogens with one attached hydrogen (secondary N) is 1. The summed E-state index contributed by atoms with van der Waals surface area (Å²) in [7, 11) is -1.71. The highest BCUT2D eigenvalue weighted by atomic mass is 28.4. The zero-order valence-corrected chi connectivity index (χ0v) is 15.1. The van der Waals surface area contributed by atoms with Crippen LogP contribution in [0, 0.1) is 0 Å². The van der Waals surface area contributed by atoms with E-state index in [0.717, 1.165) is 16.4 Å². The lowest BCUT2D eigenvalue weighted by atomic mass is 10.2. The smallest absolute Gasteiger partial charge is 0.258 e. The number of para-hydroxylation sites is 1. The molecule has 6 heteroatoms. The van der Waals surface area contributed by atoms with Crippen molar-refractivity contribution in [1.29, 1.82) is 0 Å². The van der Waals surface area contributed by atoms with Crippen LogP contribution in [0.4, 0.5) is 11.4 Å². The monoisotopic (exact) mass is 340 g/mol. The van der Waals surface area contributed by atoms with Crippen molar-refractivity contribution >= 4 is 30.6 Å². The Morgan fingerprint density at radius 3 is 2.62 bits per heavy atom. The fourth-order valence-electron chi connectivity index (χ4n) is 2.35. The Hall–Kier alpha value is -2.44. The highest BCUT2D eigenvalue weighted by Crippen LogP contribution is 2.27. The summed E-state index contributed by atoms with van der Waals surface area (Å²) in [5.41, 5.74) is 2.01. The molecule has 1 heterocycles. The Balaban J connectivity index is 2.07. The molecule has 0 unspecified atom stereocenters. The highest BCUT2D eigenvalue weighted by Gasteiger charge is 2.18. The van der Waals surface area contributed by atoms with Gasteiger partial charge in [0.25, 0.3) is 5.56 Å². The third-order valence-electron chi connectivity index (χ3n) is 3.59. The maximum absolute atomic E-state index is 12.2. The van der Waals surface area contributed by atoms with E-state index in [-0.39, 0.29) is 5.56 Å². The number of hydrogen-bond donors (Lipinski definition) is 1. The first-order valence-electron chi connectivity index (χ1n) is 8.27. The molecule has 0 fully saturated rings. The van der Waals surface area contributed by atoms with Crippen molar-refractivity contribution in [1.82, 2.24) is 9.96 Å². The zero-order chi connectivity index (χ0) is 18.0. The number of rotatable bonds is 5. The molecule has 3 aromatic rings. The van der Waals surface area contributed by atoms with Gasteiger partial charge in [0, 0.05) is 11.4 Å². The number of aromatic amines is 1. The Bertz CT molecular complexity index is 938. The number of hydrogen-bond acceptors (Lipinski definition) is 4. The first-order chi connectivity index (χ1) is 11.8. The van der Waals surface area contributed by atoms with Crippen molar-refractivity contribution in [3.63, 3.8) is 0 Å². The molecule has 0 saturated heterocycles. The summed E-state index contributed by atoms with van der Waals surface area (Å²) >= 11 is 0. The lowest BCUT2D eigenvalue weighted by Gasteiger charge is -2.28. The van der Waals surface area contributed by atoms with Gasteiger partial charge >= 0.3 is 0 Å². The number of aromatic nitrogens is 2. The molecule has 124 valence electrons. The minimum Gasteiger partial charge on any atom is -0.400 e. The summed E-state index contributed by atoms with van der Waals surface area (Å²) in [6.07, 6.45) is 1.22. The summed E-state index contributed by atoms with van der Waals surface area (Å²) in [6.45, 7) is 6.82. The largest absolute Gasteiger partial charge is 0.400 e. The van der Waals surface area contributed by atoms with Gasteiger partial charge in [-0.05, 0) is 50.0 Å². The van der Waals surface area contributed by atoms with Crippen LogP contribution in [-0.4, -0.2) is 25.0 Å². The van der Waals surface area contributed by atoms with Crippen LogP contribution >= 0.6 is 0 Å². The third-order valence-corrected chi connectivity index (χ3v) is 4.58. The summed E-state index contributed by atoms with van der Waals surface area (Å²) in [6, 6.07) is 15.4. The molecule has 5 nitrogen and oxygen atoms in total. The quantitative estimate of drug-likeness (QED) is 0.566. The Morgan fingerprint density at radius 2 is 1.92 bits per heavy atom. The average Bonchev–Trinajstić information content (AvgIpc) is 2.59. The normalized spacial score (nSPS) is 12.2. The van der Waals surface area contributed by atoms with E-state index >= 15 is 0 Å². The van der Waals surface area contributed by atoms with E-state index in [0.29, 0.717) is 17.6 Å². The molecule has 0 bridgehead atoms. The van der Waals surface area contributed by atoms with Crippen LogP contribution in [0.2, 0.25) is 21.1 Å². The van der Waals surface area contributed by atoms with Gasteiger partial charge in [-0.3, -0.25) is 4.79 Å². The van der Waals surface area contributed by atoms with E-state index in [9.17, 15) is 4.79 Å². The first kappa shape index (κ1) is 15.1. The van der Waals surface area contributed by atoms with E-state index in [2.05, 4.69) is 24.6 Å². The number of nitrogens with zero attached hydrogens (tertiary/aromatic N) is 2. The molecular weight excluding hydrogens is 318 g/mol. The minimum absolute atomic E-state index is 0.383. The van der Waals surface area contributed by atoms with Gasteiger partial charge < -0.3 is 14.3 Å².